The number of hydrogen-bond donors (Lipinski definition) is 1. The predicted octanol–water partition coefficient (Wildman–Crippen LogP) is 4.52. The molecule has 1 aromatic carbocycles. The molecule has 0 atom stereocenters. The van der Waals surface area contributed by atoms with Crippen molar-refractivity contribution in [2.45, 2.75) is 33.3 Å². The van der Waals surface area contributed by atoms with Crippen molar-refractivity contribution < 1.29 is 19.0 Å². The molecule has 0 spiro atoms. The molecule has 0 aliphatic carbocycles. The number of aromatic amines is 1. The zero-order valence-corrected chi connectivity index (χ0v) is 14.9. The van der Waals surface area contributed by atoms with Crippen molar-refractivity contribution in [1.29, 1.82) is 0 Å². The third-order valence-electron chi connectivity index (χ3n) is 4.11. The number of benzene rings is 1. The van der Waals surface area contributed by atoms with Crippen molar-refractivity contribution in [3.63, 3.8) is 0 Å². The number of aromatic nitrogens is 2. The fraction of sp³-hybridized carbons (Fsp3) is 0.368. The first-order valence-corrected chi connectivity index (χ1v) is 8.32. The van der Waals surface area contributed by atoms with E-state index in [0.29, 0.717) is 5.92 Å². The van der Waals surface area contributed by atoms with Gasteiger partial charge in [-0.05, 0) is 24.5 Å². The minimum absolute atomic E-state index is 0.215. The number of nitrogens with zero attached hydrogens (tertiary/aromatic N) is 1. The molecule has 1 N–H and O–H groups in total. The molecule has 0 aliphatic heterocycles. The quantitative estimate of drug-likeness (QED) is 0.690. The molecule has 2 aromatic heterocycles. The van der Waals surface area contributed by atoms with E-state index in [9.17, 15) is 4.79 Å². The van der Waals surface area contributed by atoms with Crippen LogP contribution < -0.4 is 4.74 Å². The highest BCUT2D eigenvalue weighted by Gasteiger charge is 2.20. The number of pyridine rings is 1. The summed E-state index contributed by atoms with van der Waals surface area (Å²) < 4.78 is 15.5. The number of methoxy groups -OCH3 is 1. The zero-order chi connectivity index (χ0) is 18.0. The first-order valence-electron chi connectivity index (χ1n) is 8.32. The normalized spacial score (nSPS) is 11.4. The molecule has 2 heterocycles. The first kappa shape index (κ1) is 17.2. The van der Waals surface area contributed by atoms with Crippen LogP contribution in [0, 0.1) is 0 Å². The minimum atomic E-state index is -0.768. The Kier molecular flexibility index (Phi) is 4.90. The number of carbonyl (C=O) groups excluding carboxylic acids is 1. The molecule has 0 unspecified atom stereocenters. The number of nitrogens with one attached hydrogen (secondary N) is 1. The van der Waals surface area contributed by atoms with Crippen molar-refractivity contribution in [1.82, 2.24) is 9.97 Å². The summed E-state index contributed by atoms with van der Waals surface area (Å²) in [5.41, 5.74) is 3.85. The third kappa shape index (κ3) is 3.17. The smallest absolute Gasteiger partial charge is 0.434 e. The van der Waals surface area contributed by atoms with E-state index in [2.05, 4.69) is 29.9 Å². The van der Waals surface area contributed by atoms with Gasteiger partial charge in [-0.15, -0.1) is 0 Å². The lowest BCUT2D eigenvalue weighted by molar-refractivity contribution is 0.101. The van der Waals surface area contributed by atoms with E-state index in [-0.39, 0.29) is 19.1 Å². The van der Waals surface area contributed by atoms with E-state index >= 15 is 0 Å². The van der Waals surface area contributed by atoms with Gasteiger partial charge >= 0.3 is 6.16 Å². The van der Waals surface area contributed by atoms with Crippen LogP contribution in [0.25, 0.3) is 21.8 Å². The molecule has 6 heteroatoms. The van der Waals surface area contributed by atoms with Gasteiger partial charge in [0.2, 0.25) is 5.88 Å². The monoisotopic (exact) mass is 342 g/mol. The third-order valence-corrected chi connectivity index (χ3v) is 4.11. The van der Waals surface area contributed by atoms with Crippen LogP contribution in [0.1, 0.15) is 37.8 Å². The molecular formula is C19H22N2O4. The van der Waals surface area contributed by atoms with Crippen LogP contribution in [0.5, 0.6) is 5.88 Å². The number of rotatable bonds is 5. The van der Waals surface area contributed by atoms with Gasteiger partial charge in [-0.2, -0.15) is 0 Å². The van der Waals surface area contributed by atoms with Gasteiger partial charge in [0.1, 0.15) is 0 Å². The lowest BCUT2D eigenvalue weighted by Gasteiger charge is -2.12. The Morgan fingerprint density at radius 1 is 1.24 bits per heavy atom. The number of fused-ring (bicyclic) bond motifs is 3. The second-order valence-electron chi connectivity index (χ2n) is 6.10. The van der Waals surface area contributed by atoms with Crippen molar-refractivity contribution in [2.24, 2.45) is 0 Å². The SMILES string of the molecule is CCOC(=O)Oc1ncc2[nH]c3cccc(C(C)C)c3c2c1COC. The molecule has 0 radical (unpaired) electrons. The average Bonchev–Trinajstić information content (AvgIpc) is 2.96. The van der Waals surface area contributed by atoms with Gasteiger partial charge in [-0.3, -0.25) is 0 Å². The van der Waals surface area contributed by atoms with Gasteiger partial charge in [0.15, 0.2) is 0 Å². The summed E-state index contributed by atoms with van der Waals surface area (Å²) in [6, 6.07) is 6.18. The van der Waals surface area contributed by atoms with E-state index in [0.717, 1.165) is 27.4 Å². The van der Waals surface area contributed by atoms with Gasteiger partial charge in [0, 0.05) is 23.4 Å². The summed E-state index contributed by atoms with van der Waals surface area (Å²) in [6.07, 6.45) is 0.906. The molecule has 0 saturated heterocycles. The van der Waals surface area contributed by atoms with Crippen molar-refractivity contribution in [3.05, 3.63) is 35.5 Å². The second-order valence-corrected chi connectivity index (χ2v) is 6.10. The zero-order valence-electron chi connectivity index (χ0n) is 14.9. The summed E-state index contributed by atoms with van der Waals surface area (Å²) in [7, 11) is 1.60. The maximum Gasteiger partial charge on any atom is 0.515 e. The Bertz CT molecular complexity index is 915. The van der Waals surface area contributed by atoms with Crippen LogP contribution in [-0.2, 0) is 16.1 Å². The topological polar surface area (TPSA) is 73.4 Å². The maximum absolute atomic E-state index is 11.7. The van der Waals surface area contributed by atoms with Crippen molar-refractivity contribution in [3.8, 4) is 5.88 Å². The molecule has 0 amide bonds. The number of hydrogen-bond acceptors (Lipinski definition) is 5. The molecule has 3 rings (SSSR count). The molecule has 3 aromatic rings. The highest BCUT2D eigenvalue weighted by Crippen LogP contribution is 2.37. The Balaban J connectivity index is 2.28. The summed E-state index contributed by atoms with van der Waals surface area (Å²) in [6.45, 7) is 6.55. The van der Waals surface area contributed by atoms with Crippen LogP contribution in [-0.4, -0.2) is 29.8 Å². The molecule has 0 fully saturated rings. The van der Waals surface area contributed by atoms with Gasteiger partial charge in [0.25, 0.3) is 0 Å². The lowest BCUT2D eigenvalue weighted by atomic mass is 9.96. The Morgan fingerprint density at radius 3 is 2.72 bits per heavy atom. The lowest BCUT2D eigenvalue weighted by Crippen LogP contribution is -2.12. The predicted molar refractivity (Wildman–Crippen MR) is 96.1 cm³/mol. The van der Waals surface area contributed by atoms with Crippen LogP contribution in [0.4, 0.5) is 4.79 Å². The summed E-state index contributed by atoms with van der Waals surface area (Å²) in [5.74, 6) is 0.563. The molecule has 6 nitrogen and oxygen atoms in total. The van der Waals surface area contributed by atoms with Gasteiger partial charge in [0.05, 0.1) is 30.5 Å². The Morgan fingerprint density at radius 2 is 2.04 bits per heavy atom. The van der Waals surface area contributed by atoms with Gasteiger partial charge < -0.3 is 19.2 Å². The first-order chi connectivity index (χ1) is 12.1. The summed E-state index contributed by atoms with van der Waals surface area (Å²) in [4.78, 5) is 19.4. The summed E-state index contributed by atoms with van der Waals surface area (Å²) in [5, 5.41) is 2.08. The van der Waals surface area contributed by atoms with E-state index < -0.39 is 6.16 Å². The number of H-pyrrole nitrogens is 1. The fourth-order valence-electron chi connectivity index (χ4n) is 3.09. The Hall–Kier alpha value is -2.60. The molecular weight excluding hydrogens is 320 g/mol. The van der Waals surface area contributed by atoms with Crippen molar-refractivity contribution >= 4 is 28.0 Å². The molecule has 0 bridgehead atoms. The highest BCUT2D eigenvalue weighted by atomic mass is 16.7. The van der Waals surface area contributed by atoms with Gasteiger partial charge in [-0.25, -0.2) is 9.78 Å². The average molecular weight is 342 g/mol. The maximum atomic E-state index is 11.7. The highest BCUT2D eigenvalue weighted by molar-refractivity contribution is 6.11. The Labute approximate surface area is 146 Å². The standard InChI is InChI=1S/C19H22N2O4/c1-5-24-19(22)25-18-13(10-23-4)17-15(9-20-18)21-14-8-6-7-12(11(2)3)16(14)17/h6-9,11,21H,5,10H2,1-4H3. The van der Waals surface area contributed by atoms with Crippen LogP contribution in [0.15, 0.2) is 24.4 Å². The van der Waals surface area contributed by atoms with Crippen LogP contribution in [0.2, 0.25) is 0 Å². The van der Waals surface area contributed by atoms with E-state index in [1.807, 2.05) is 12.1 Å². The second kappa shape index (κ2) is 7.11. The molecule has 132 valence electrons. The van der Waals surface area contributed by atoms with Gasteiger partial charge in [-0.1, -0.05) is 26.0 Å². The number of ether oxygens (including phenoxy) is 3. The largest absolute Gasteiger partial charge is 0.515 e. The minimum Gasteiger partial charge on any atom is -0.434 e. The van der Waals surface area contributed by atoms with Crippen LogP contribution in [0.3, 0.4) is 0 Å². The van der Waals surface area contributed by atoms with E-state index in [4.69, 9.17) is 14.2 Å². The van der Waals surface area contributed by atoms with E-state index in [1.165, 1.54) is 5.56 Å². The molecule has 0 saturated carbocycles. The van der Waals surface area contributed by atoms with Crippen LogP contribution >= 0.6 is 0 Å². The summed E-state index contributed by atoms with van der Waals surface area (Å²) >= 11 is 0. The fourth-order valence-corrected chi connectivity index (χ4v) is 3.09. The molecule has 0 aliphatic rings. The van der Waals surface area contributed by atoms with E-state index in [1.54, 1.807) is 20.2 Å². The number of carbonyl (C=O) groups is 1. The van der Waals surface area contributed by atoms with Crippen molar-refractivity contribution in [2.75, 3.05) is 13.7 Å². The molecule has 25 heavy (non-hydrogen) atoms.